The van der Waals surface area contributed by atoms with E-state index in [9.17, 15) is 13.2 Å². The molecule has 11 heteroatoms. The van der Waals surface area contributed by atoms with E-state index in [4.69, 9.17) is 14.7 Å². The maximum Gasteiger partial charge on any atom is 0.266 e. The molecule has 2 aliphatic rings. The SMILES string of the molecule is CC(C)CCOc1ccc(N2CCN(S(=O)(=O)C3(C(=O)NO)CCOCC3)CC2)cc1.Cl. The van der Waals surface area contributed by atoms with Gasteiger partial charge in [-0.25, -0.2) is 13.9 Å². The lowest BCUT2D eigenvalue weighted by Gasteiger charge is -2.42. The number of carbonyl (C=O) groups excluding carboxylic acids is 1. The topological polar surface area (TPSA) is 108 Å². The molecule has 2 N–H and O–H groups in total. The van der Waals surface area contributed by atoms with Crippen LogP contribution in [0.15, 0.2) is 24.3 Å². The van der Waals surface area contributed by atoms with E-state index in [0.29, 0.717) is 25.6 Å². The average Bonchev–Trinajstić information content (AvgIpc) is 2.79. The Kier molecular flexibility index (Phi) is 9.59. The van der Waals surface area contributed by atoms with Crippen molar-refractivity contribution in [3.63, 3.8) is 0 Å². The molecule has 0 spiro atoms. The van der Waals surface area contributed by atoms with Crippen molar-refractivity contribution in [1.82, 2.24) is 9.79 Å². The maximum absolute atomic E-state index is 13.4. The Labute approximate surface area is 196 Å². The van der Waals surface area contributed by atoms with Gasteiger partial charge in [0.15, 0.2) is 4.75 Å². The lowest BCUT2D eigenvalue weighted by Crippen LogP contribution is -2.62. The summed E-state index contributed by atoms with van der Waals surface area (Å²) in [5.74, 6) is 0.531. The van der Waals surface area contributed by atoms with Gasteiger partial charge in [-0.1, -0.05) is 13.8 Å². The Balaban J connectivity index is 0.00000363. The van der Waals surface area contributed by atoms with E-state index in [1.807, 2.05) is 24.3 Å². The molecule has 0 aliphatic carbocycles. The second-order valence-corrected chi connectivity index (χ2v) is 10.7. The van der Waals surface area contributed by atoms with E-state index in [-0.39, 0.29) is 51.6 Å². The molecule has 9 nitrogen and oxygen atoms in total. The Bertz CT molecular complexity index is 836. The zero-order valence-electron chi connectivity index (χ0n) is 18.7. The third-order valence-corrected chi connectivity index (χ3v) is 8.68. The Morgan fingerprint density at radius 1 is 1.16 bits per heavy atom. The van der Waals surface area contributed by atoms with Gasteiger partial charge >= 0.3 is 0 Å². The highest BCUT2D eigenvalue weighted by Gasteiger charge is 2.54. The fourth-order valence-electron chi connectivity index (χ4n) is 4.00. The molecule has 2 aliphatic heterocycles. The van der Waals surface area contributed by atoms with Crippen LogP contribution in [0.5, 0.6) is 5.75 Å². The van der Waals surface area contributed by atoms with Crippen molar-refractivity contribution in [2.45, 2.75) is 37.9 Å². The molecule has 2 heterocycles. The number of amides is 1. The zero-order chi connectivity index (χ0) is 22.5. The second kappa shape index (κ2) is 11.5. The van der Waals surface area contributed by atoms with Gasteiger partial charge in [0.05, 0.1) is 6.61 Å². The van der Waals surface area contributed by atoms with Crippen molar-refractivity contribution < 1.29 is 27.9 Å². The van der Waals surface area contributed by atoms with Crippen LogP contribution >= 0.6 is 12.4 Å². The van der Waals surface area contributed by atoms with Crippen LogP contribution in [0, 0.1) is 5.92 Å². The summed E-state index contributed by atoms with van der Waals surface area (Å²) >= 11 is 0. The molecule has 2 fully saturated rings. The van der Waals surface area contributed by atoms with Crippen LogP contribution in [0.4, 0.5) is 5.69 Å². The molecule has 3 rings (SSSR count). The van der Waals surface area contributed by atoms with Gasteiger partial charge in [-0.2, -0.15) is 4.31 Å². The molecule has 0 bridgehead atoms. The number of benzene rings is 1. The second-order valence-electron chi connectivity index (χ2n) is 8.46. The number of rotatable bonds is 8. The fourth-order valence-corrected chi connectivity index (χ4v) is 6.11. The van der Waals surface area contributed by atoms with Crippen LogP contribution in [0.1, 0.15) is 33.1 Å². The quantitative estimate of drug-likeness (QED) is 0.423. The molecule has 0 radical (unpaired) electrons. The summed E-state index contributed by atoms with van der Waals surface area (Å²) in [6.45, 7) is 6.91. The van der Waals surface area contributed by atoms with E-state index in [2.05, 4.69) is 18.7 Å². The van der Waals surface area contributed by atoms with Crippen molar-refractivity contribution in [2.75, 3.05) is 50.9 Å². The maximum atomic E-state index is 13.4. The Hall–Kier alpha value is -1.59. The molecule has 182 valence electrons. The summed E-state index contributed by atoms with van der Waals surface area (Å²) in [5, 5.41) is 9.17. The molecule has 32 heavy (non-hydrogen) atoms. The lowest BCUT2D eigenvalue weighted by atomic mass is 9.98. The molecule has 1 amide bonds. The van der Waals surface area contributed by atoms with E-state index >= 15 is 0 Å². The highest BCUT2D eigenvalue weighted by atomic mass is 35.5. The van der Waals surface area contributed by atoms with Crippen molar-refractivity contribution in [3.05, 3.63) is 24.3 Å². The van der Waals surface area contributed by atoms with Crippen molar-refractivity contribution in [2.24, 2.45) is 5.92 Å². The summed E-state index contributed by atoms with van der Waals surface area (Å²) in [4.78, 5) is 14.5. The van der Waals surface area contributed by atoms with Crippen molar-refractivity contribution >= 4 is 34.0 Å². The number of sulfonamides is 1. The van der Waals surface area contributed by atoms with Crippen LogP contribution in [-0.4, -0.2) is 74.6 Å². The minimum absolute atomic E-state index is 0. The molecular formula is C21H34ClN3O6S. The molecule has 1 aromatic carbocycles. The van der Waals surface area contributed by atoms with E-state index < -0.39 is 20.7 Å². The highest BCUT2D eigenvalue weighted by Crippen LogP contribution is 2.34. The zero-order valence-corrected chi connectivity index (χ0v) is 20.3. The third kappa shape index (κ3) is 5.66. The van der Waals surface area contributed by atoms with Crippen LogP contribution in [0.25, 0.3) is 0 Å². The van der Waals surface area contributed by atoms with Gasteiger partial charge in [0.25, 0.3) is 5.91 Å². The van der Waals surface area contributed by atoms with Gasteiger partial charge in [-0.3, -0.25) is 10.0 Å². The van der Waals surface area contributed by atoms with Crippen LogP contribution in [-0.2, 0) is 19.6 Å². The van der Waals surface area contributed by atoms with Gasteiger partial charge in [0.1, 0.15) is 5.75 Å². The molecule has 0 aromatic heterocycles. The number of hydroxylamine groups is 1. The molecule has 0 atom stereocenters. The first kappa shape index (κ1) is 26.7. The third-order valence-electron chi connectivity index (χ3n) is 6.05. The molecular weight excluding hydrogens is 458 g/mol. The summed E-state index contributed by atoms with van der Waals surface area (Å²) in [6, 6.07) is 7.82. The van der Waals surface area contributed by atoms with Gasteiger partial charge in [0, 0.05) is 57.9 Å². The van der Waals surface area contributed by atoms with Crippen molar-refractivity contribution in [3.8, 4) is 5.75 Å². The first-order valence-corrected chi connectivity index (χ1v) is 12.2. The van der Waals surface area contributed by atoms with Crippen LogP contribution in [0.2, 0.25) is 0 Å². The minimum atomic E-state index is -3.95. The number of hydrogen-bond acceptors (Lipinski definition) is 7. The van der Waals surface area contributed by atoms with E-state index in [1.165, 1.54) is 4.31 Å². The number of piperazine rings is 1. The first-order valence-electron chi connectivity index (χ1n) is 10.8. The molecule has 1 aromatic rings. The normalized spacial score (nSPS) is 19.3. The van der Waals surface area contributed by atoms with E-state index in [1.54, 1.807) is 5.48 Å². The fraction of sp³-hybridized carbons (Fsp3) is 0.667. The summed E-state index contributed by atoms with van der Waals surface area (Å²) < 4.78 is 37.4. The van der Waals surface area contributed by atoms with Gasteiger partial charge in [-0.15, -0.1) is 12.4 Å². The predicted octanol–water partition coefficient (Wildman–Crippen LogP) is 2.04. The van der Waals surface area contributed by atoms with Gasteiger partial charge in [-0.05, 0) is 36.6 Å². The average molecular weight is 492 g/mol. The largest absolute Gasteiger partial charge is 0.494 e. The van der Waals surface area contributed by atoms with Gasteiger partial charge < -0.3 is 14.4 Å². The Morgan fingerprint density at radius 2 is 1.75 bits per heavy atom. The first-order chi connectivity index (χ1) is 14.8. The summed E-state index contributed by atoms with van der Waals surface area (Å²) in [7, 11) is -3.95. The summed E-state index contributed by atoms with van der Waals surface area (Å²) in [5.41, 5.74) is 2.56. The summed E-state index contributed by atoms with van der Waals surface area (Å²) in [6.07, 6.45) is 1.06. The Morgan fingerprint density at radius 3 is 2.28 bits per heavy atom. The number of nitrogens with zero attached hydrogens (tertiary/aromatic N) is 2. The number of anilines is 1. The monoisotopic (exact) mass is 491 g/mol. The van der Waals surface area contributed by atoms with Crippen molar-refractivity contribution in [1.29, 1.82) is 0 Å². The number of ether oxygens (including phenoxy) is 2. The lowest BCUT2D eigenvalue weighted by molar-refractivity contribution is -0.134. The molecule has 2 saturated heterocycles. The number of nitrogens with one attached hydrogen (secondary N) is 1. The standard InChI is InChI=1S/C21H33N3O6S.ClH/c1-17(2)7-14-30-19-5-3-18(4-6-19)23-10-12-24(13-11-23)31(27,28)21(20(25)22-26)8-15-29-16-9-21;/h3-6,17,26H,7-16H2,1-2H3,(H,22,25);1H. The van der Waals surface area contributed by atoms with Crippen LogP contribution < -0.4 is 15.1 Å². The number of halogens is 1. The molecule has 0 unspecified atom stereocenters. The molecule has 0 saturated carbocycles. The highest BCUT2D eigenvalue weighted by molar-refractivity contribution is 7.91. The number of hydrogen-bond donors (Lipinski definition) is 2. The number of carbonyl (C=O) groups is 1. The van der Waals surface area contributed by atoms with E-state index in [0.717, 1.165) is 17.9 Å². The van der Waals surface area contributed by atoms with Crippen LogP contribution in [0.3, 0.4) is 0 Å². The predicted molar refractivity (Wildman–Crippen MR) is 124 cm³/mol. The van der Waals surface area contributed by atoms with Gasteiger partial charge in [0.2, 0.25) is 10.0 Å². The smallest absolute Gasteiger partial charge is 0.266 e. The minimum Gasteiger partial charge on any atom is -0.494 e.